The van der Waals surface area contributed by atoms with E-state index in [0.717, 1.165) is 17.5 Å². The number of benzene rings is 1. The molecule has 8 heteroatoms. The molecule has 3 N–H and O–H groups in total. The number of nitrogens with one attached hydrogen (secondary N) is 1. The smallest absolute Gasteiger partial charge is 0.260 e. The Hall–Kier alpha value is -1.86. The molecule has 0 radical (unpaired) electrons. The fourth-order valence-electron chi connectivity index (χ4n) is 1.44. The molecule has 0 unspecified atom stereocenters. The Bertz CT molecular complexity index is 531. The van der Waals surface area contributed by atoms with Crippen LogP contribution in [0.1, 0.15) is 6.42 Å². The average Bonchev–Trinajstić information content (AvgIpc) is 2.80. The van der Waals surface area contributed by atoms with Gasteiger partial charge in [0.05, 0.1) is 0 Å². The first-order chi connectivity index (χ1) is 8.81. The van der Waals surface area contributed by atoms with Gasteiger partial charge in [-0.15, -0.1) is 17.5 Å². The molecule has 104 valence electrons. The predicted octanol–water partition coefficient (Wildman–Crippen LogP) is -0.253. The summed E-state index contributed by atoms with van der Waals surface area (Å²) < 4.78 is 0. The summed E-state index contributed by atoms with van der Waals surface area (Å²) in [5.41, 5.74) is 6.78. The van der Waals surface area contributed by atoms with Gasteiger partial charge in [-0.2, -0.15) is 0 Å². The molecule has 0 atom stereocenters. The molecule has 0 bridgehead atoms. The van der Waals surface area contributed by atoms with Crippen molar-refractivity contribution < 1.29 is 9.63 Å². The van der Waals surface area contributed by atoms with Gasteiger partial charge in [-0.3, -0.25) is 4.79 Å². The van der Waals surface area contributed by atoms with Crippen molar-refractivity contribution >= 4 is 29.3 Å². The first-order valence-electron chi connectivity index (χ1n) is 5.72. The Morgan fingerprint density at radius 1 is 1.42 bits per heavy atom. The summed E-state index contributed by atoms with van der Waals surface area (Å²) in [7, 11) is 0. The van der Waals surface area contributed by atoms with Crippen molar-refractivity contribution in [3.8, 4) is 0 Å². The van der Waals surface area contributed by atoms with Gasteiger partial charge in [-0.05, 0) is 30.3 Å². The molecule has 1 amide bonds. The fraction of sp³-hybridized carbons (Fsp3) is 0.364. The molecule has 19 heavy (non-hydrogen) atoms. The Balaban J connectivity index is 0.00000180. The number of hydrogen-bond donors (Lipinski definition) is 2. The zero-order valence-corrected chi connectivity index (χ0v) is 11.1. The van der Waals surface area contributed by atoms with Crippen LogP contribution in [-0.4, -0.2) is 40.8 Å². The van der Waals surface area contributed by atoms with Gasteiger partial charge in [0.15, 0.2) is 6.61 Å². The van der Waals surface area contributed by atoms with E-state index in [-0.39, 0.29) is 24.9 Å². The Labute approximate surface area is 116 Å². The molecule has 0 fully saturated rings. The molecule has 2 aromatic rings. The molecule has 0 spiro atoms. The maximum atomic E-state index is 11.4. The maximum Gasteiger partial charge on any atom is 0.260 e. The molecule has 2 rings (SSSR count). The second kappa shape index (κ2) is 7.55. The molecular weight excluding hydrogens is 270 g/mol. The number of hydrogen-bond acceptors (Lipinski definition) is 5. The van der Waals surface area contributed by atoms with Crippen LogP contribution in [0.25, 0.3) is 11.0 Å². The number of carbonyl (C=O) groups excluding carboxylic acids is 1. The summed E-state index contributed by atoms with van der Waals surface area (Å²) in [6, 6.07) is 7.36. The first kappa shape index (κ1) is 15.2. The third-order valence-corrected chi connectivity index (χ3v) is 2.34. The highest BCUT2D eigenvalue weighted by atomic mass is 35.5. The van der Waals surface area contributed by atoms with Crippen molar-refractivity contribution in [2.75, 3.05) is 19.7 Å². The van der Waals surface area contributed by atoms with Gasteiger partial charge in [-0.25, -0.2) is 0 Å². The van der Waals surface area contributed by atoms with Crippen LogP contribution in [0, 0.1) is 0 Å². The van der Waals surface area contributed by atoms with Crippen LogP contribution in [0.3, 0.4) is 0 Å². The van der Waals surface area contributed by atoms with E-state index in [9.17, 15) is 4.79 Å². The third-order valence-electron chi connectivity index (χ3n) is 2.34. The summed E-state index contributed by atoms with van der Waals surface area (Å²) in [6.45, 7) is 1.00. The molecular formula is C11H16ClN5O2. The number of rotatable bonds is 6. The Morgan fingerprint density at radius 2 is 2.21 bits per heavy atom. The minimum absolute atomic E-state index is 0. The van der Waals surface area contributed by atoms with Crippen molar-refractivity contribution in [1.82, 2.24) is 20.5 Å². The molecule has 0 aliphatic heterocycles. The molecule has 1 heterocycles. The lowest BCUT2D eigenvalue weighted by atomic mass is 10.3. The highest BCUT2D eigenvalue weighted by molar-refractivity contribution is 5.85. The number of halogens is 1. The lowest BCUT2D eigenvalue weighted by Crippen LogP contribution is -2.33. The normalized spacial score (nSPS) is 9.95. The number of amides is 1. The lowest BCUT2D eigenvalue weighted by Gasteiger charge is -2.06. The number of nitrogens with zero attached hydrogens (tertiary/aromatic N) is 3. The van der Waals surface area contributed by atoms with Crippen molar-refractivity contribution in [1.29, 1.82) is 0 Å². The molecule has 1 aromatic carbocycles. The maximum absolute atomic E-state index is 11.4. The summed E-state index contributed by atoms with van der Waals surface area (Å²) in [6.07, 6.45) is 0.748. The van der Waals surface area contributed by atoms with Gasteiger partial charge < -0.3 is 15.9 Å². The number of nitrogens with two attached hydrogens (primary N) is 1. The highest BCUT2D eigenvalue weighted by Gasteiger charge is 2.06. The summed E-state index contributed by atoms with van der Waals surface area (Å²) in [5.74, 6) is -0.206. The van der Waals surface area contributed by atoms with E-state index >= 15 is 0 Å². The van der Waals surface area contributed by atoms with Crippen LogP contribution in [-0.2, 0) is 4.79 Å². The topological polar surface area (TPSA) is 95.1 Å². The quantitative estimate of drug-likeness (QED) is 0.714. The lowest BCUT2D eigenvalue weighted by molar-refractivity contribution is -0.126. The molecule has 0 saturated heterocycles. The molecule has 0 aliphatic carbocycles. The van der Waals surface area contributed by atoms with Crippen LogP contribution < -0.4 is 15.9 Å². The van der Waals surface area contributed by atoms with Crippen LogP contribution >= 0.6 is 12.4 Å². The van der Waals surface area contributed by atoms with E-state index in [0.29, 0.717) is 13.1 Å². The highest BCUT2D eigenvalue weighted by Crippen LogP contribution is 2.07. The van der Waals surface area contributed by atoms with Crippen LogP contribution in [0.4, 0.5) is 0 Å². The number of carbonyl (C=O) groups is 1. The van der Waals surface area contributed by atoms with Gasteiger partial charge in [0.25, 0.3) is 5.91 Å². The Morgan fingerprint density at radius 3 is 3.00 bits per heavy atom. The van der Waals surface area contributed by atoms with Crippen LogP contribution in [0.5, 0.6) is 0 Å². The van der Waals surface area contributed by atoms with Crippen molar-refractivity contribution in [2.24, 2.45) is 5.73 Å². The first-order valence-corrected chi connectivity index (χ1v) is 5.72. The second-order valence-electron chi connectivity index (χ2n) is 3.72. The standard InChI is InChI=1S/C11H15N5O2.ClH/c12-6-3-7-13-11(17)8-18-16-10-5-2-1-4-9(10)14-15-16;/h1-2,4-5H,3,6-8,12H2,(H,13,17);1H. The van der Waals surface area contributed by atoms with Gasteiger partial charge in [0.2, 0.25) is 0 Å². The van der Waals surface area contributed by atoms with Gasteiger partial charge >= 0.3 is 0 Å². The average molecular weight is 286 g/mol. The fourth-order valence-corrected chi connectivity index (χ4v) is 1.44. The van der Waals surface area contributed by atoms with Gasteiger partial charge in [-0.1, -0.05) is 17.0 Å². The predicted molar refractivity (Wildman–Crippen MR) is 72.9 cm³/mol. The van der Waals surface area contributed by atoms with Crippen LogP contribution in [0.15, 0.2) is 24.3 Å². The van der Waals surface area contributed by atoms with Gasteiger partial charge in [0.1, 0.15) is 11.0 Å². The third kappa shape index (κ3) is 4.08. The number of aromatic nitrogens is 3. The van der Waals surface area contributed by atoms with E-state index in [2.05, 4.69) is 15.6 Å². The summed E-state index contributed by atoms with van der Waals surface area (Å²) in [5, 5.41) is 10.4. The molecule has 0 saturated carbocycles. The van der Waals surface area contributed by atoms with E-state index in [1.807, 2.05) is 24.3 Å². The summed E-state index contributed by atoms with van der Waals surface area (Å²) >= 11 is 0. The zero-order valence-electron chi connectivity index (χ0n) is 10.3. The largest absolute Gasteiger partial charge is 0.385 e. The minimum Gasteiger partial charge on any atom is -0.385 e. The minimum atomic E-state index is -0.206. The number of para-hydroxylation sites is 1. The summed E-state index contributed by atoms with van der Waals surface area (Å²) in [4.78, 5) is 17.9. The van der Waals surface area contributed by atoms with Crippen molar-refractivity contribution in [2.45, 2.75) is 6.42 Å². The van der Waals surface area contributed by atoms with Crippen molar-refractivity contribution in [3.63, 3.8) is 0 Å². The van der Waals surface area contributed by atoms with E-state index in [4.69, 9.17) is 10.6 Å². The SMILES string of the molecule is Cl.NCCCNC(=O)COn1nnc2ccccc21. The van der Waals surface area contributed by atoms with Crippen LogP contribution in [0.2, 0.25) is 0 Å². The van der Waals surface area contributed by atoms with Crippen molar-refractivity contribution in [3.05, 3.63) is 24.3 Å². The van der Waals surface area contributed by atoms with E-state index < -0.39 is 0 Å². The Kier molecular flexibility index (Phi) is 6.04. The zero-order chi connectivity index (χ0) is 12.8. The molecule has 7 nitrogen and oxygen atoms in total. The molecule has 1 aromatic heterocycles. The second-order valence-corrected chi connectivity index (χ2v) is 3.72. The molecule has 0 aliphatic rings. The van der Waals surface area contributed by atoms with Gasteiger partial charge in [0, 0.05) is 6.54 Å². The van der Waals surface area contributed by atoms with E-state index in [1.54, 1.807) is 0 Å². The van der Waals surface area contributed by atoms with E-state index in [1.165, 1.54) is 4.85 Å². The number of fused-ring (bicyclic) bond motifs is 1. The monoisotopic (exact) mass is 285 g/mol.